The maximum atomic E-state index is 4.73. The highest BCUT2D eigenvalue weighted by Crippen LogP contribution is 2.34. The SMILES string of the molecule is c1ccc2c(c1)Cc1nc3ccccc3nc1-2. The molecule has 1 heterocycles. The monoisotopic (exact) mass is 218 g/mol. The summed E-state index contributed by atoms with van der Waals surface area (Å²) in [5.74, 6) is 0. The average Bonchev–Trinajstić information content (AvgIpc) is 2.73. The lowest BCUT2D eigenvalue weighted by atomic mass is 10.1. The molecule has 0 bridgehead atoms. The topological polar surface area (TPSA) is 25.8 Å². The summed E-state index contributed by atoms with van der Waals surface area (Å²) in [4.78, 5) is 9.44. The Bertz CT molecular complexity index is 732. The van der Waals surface area contributed by atoms with Crippen LogP contribution in [0.15, 0.2) is 48.5 Å². The van der Waals surface area contributed by atoms with Gasteiger partial charge in [-0.3, -0.25) is 0 Å². The molecule has 0 amide bonds. The molecule has 1 aromatic heterocycles. The predicted octanol–water partition coefficient (Wildman–Crippen LogP) is 3.20. The molecule has 0 unspecified atom stereocenters. The van der Waals surface area contributed by atoms with Crippen molar-refractivity contribution in [2.45, 2.75) is 6.42 Å². The van der Waals surface area contributed by atoms with Gasteiger partial charge in [0.25, 0.3) is 0 Å². The van der Waals surface area contributed by atoms with E-state index in [1.807, 2.05) is 24.3 Å². The third kappa shape index (κ3) is 1.21. The molecule has 0 saturated heterocycles. The van der Waals surface area contributed by atoms with Crippen LogP contribution in [0, 0.1) is 0 Å². The summed E-state index contributed by atoms with van der Waals surface area (Å²) >= 11 is 0. The maximum absolute atomic E-state index is 4.73. The van der Waals surface area contributed by atoms with Crippen LogP contribution in [0.5, 0.6) is 0 Å². The molecule has 3 aromatic rings. The van der Waals surface area contributed by atoms with Gasteiger partial charge in [-0.25, -0.2) is 9.97 Å². The van der Waals surface area contributed by atoms with Crippen molar-refractivity contribution < 1.29 is 0 Å². The predicted molar refractivity (Wildman–Crippen MR) is 67.8 cm³/mol. The number of benzene rings is 2. The standard InChI is InChI=1S/C15H10N2/c1-2-6-11-10(5-1)9-14-15(11)17-13-8-4-3-7-12(13)16-14/h1-8H,9H2. The Hall–Kier alpha value is -2.22. The third-order valence-corrected chi connectivity index (χ3v) is 3.27. The second-order valence-corrected chi connectivity index (χ2v) is 4.34. The number of aromatic nitrogens is 2. The summed E-state index contributed by atoms with van der Waals surface area (Å²) in [5.41, 5.74) is 6.68. The lowest BCUT2D eigenvalue weighted by molar-refractivity contribution is 1.13. The van der Waals surface area contributed by atoms with Crippen LogP contribution in [0.4, 0.5) is 0 Å². The van der Waals surface area contributed by atoms with Gasteiger partial charge in [-0.2, -0.15) is 0 Å². The fourth-order valence-corrected chi connectivity index (χ4v) is 2.46. The molecule has 2 nitrogen and oxygen atoms in total. The maximum Gasteiger partial charge on any atom is 0.0931 e. The van der Waals surface area contributed by atoms with Gasteiger partial charge >= 0.3 is 0 Å². The zero-order valence-electron chi connectivity index (χ0n) is 9.22. The summed E-state index contributed by atoms with van der Waals surface area (Å²) < 4.78 is 0. The molecule has 1 aliphatic carbocycles. The van der Waals surface area contributed by atoms with Gasteiger partial charge in [0.05, 0.1) is 22.4 Å². The highest BCUT2D eigenvalue weighted by atomic mass is 14.8. The van der Waals surface area contributed by atoms with Crippen LogP contribution in [-0.2, 0) is 6.42 Å². The molecule has 2 aromatic carbocycles. The fourth-order valence-electron chi connectivity index (χ4n) is 2.46. The molecule has 0 spiro atoms. The van der Waals surface area contributed by atoms with Gasteiger partial charge in [-0.05, 0) is 17.7 Å². The minimum absolute atomic E-state index is 0.906. The van der Waals surface area contributed by atoms with Gasteiger partial charge in [-0.15, -0.1) is 0 Å². The Balaban J connectivity index is 2.07. The van der Waals surface area contributed by atoms with Gasteiger partial charge < -0.3 is 0 Å². The van der Waals surface area contributed by atoms with E-state index in [0.29, 0.717) is 0 Å². The zero-order chi connectivity index (χ0) is 11.2. The summed E-state index contributed by atoms with van der Waals surface area (Å²) in [7, 11) is 0. The largest absolute Gasteiger partial charge is 0.249 e. The Morgan fingerprint density at radius 2 is 1.47 bits per heavy atom. The van der Waals surface area contributed by atoms with Crippen molar-refractivity contribution in [3.63, 3.8) is 0 Å². The molecule has 80 valence electrons. The second kappa shape index (κ2) is 3.14. The van der Waals surface area contributed by atoms with E-state index < -0.39 is 0 Å². The van der Waals surface area contributed by atoms with E-state index in [1.54, 1.807) is 0 Å². The molecular formula is C15H10N2. The molecule has 2 heteroatoms. The molecule has 0 saturated carbocycles. The van der Waals surface area contributed by atoms with Crippen molar-refractivity contribution in [3.05, 3.63) is 59.8 Å². The lowest BCUT2D eigenvalue weighted by Crippen LogP contribution is -1.91. The molecule has 0 aliphatic heterocycles. The van der Waals surface area contributed by atoms with Crippen molar-refractivity contribution in [1.29, 1.82) is 0 Å². The number of nitrogens with zero attached hydrogens (tertiary/aromatic N) is 2. The van der Waals surface area contributed by atoms with Gasteiger partial charge in [0, 0.05) is 12.0 Å². The van der Waals surface area contributed by atoms with Gasteiger partial charge in [0.1, 0.15) is 0 Å². The Morgan fingerprint density at radius 1 is 0.765 bits per heavy atom. The normalized spacial score (nSPS) is 12.5. The number of rotatable bonds is 0. The molecule has 0 atom stereocenters. The summed E-state index contributed by atoms with van der Waals surface area (Å²) in [5, 5.41) is 0. The number of para-hydroxylation sites is 2. The number of fused-ring (bicyclic) bond motifs is 4. The van der Waals surface area contributed by atoms with Crippen LogP contribution in [0.2, 0.25) is 0 Å². The third-order valence-electron chi connectivity index (χ3n) is 3.27. The average molecular weight is 218 g/mol. The van der Waals surface area contributed by atoms with Crippen LogP contribution in [-0.4, -0.2) is 9.97 Å². The van der Waals surface area contributed by atoms with Crippen molar-refractivity contribution >= 4 is 11.0 Å². The minimum atomic E-state index is 0.906. The van der Waals surface area contributed by atoms with E-state index in [0.717, 1.165) is 28.8 Å². The van der Waals surface area contributed by atoms with Crippen molar-refractivity contribution in [2.75, 3.05) is 0 Å². The van der Waals surface area contributed by atoms with E-state index in [9.17, 15) is 0 Å². The van der Waals surface area contributed by atoms with Crippen LogP contribution < -0.4 is 0 Å². The van der Waals surface area contributed by atoms with Crippen LogP contribution >= 0.6 is 0 Å². The van der Waals surface area contributed by atoms with E-state index in [4.69, 9.17) is 9.97 Å². The first-order valence-corrected chi connectivity index (χ1v) is 5.76. The molecule has 1 aliphatic rings. The van der Waals surface area contributed by atoms with E-state index in [2.05, 4.69) is 24.3 Å². The molecule has 0 N–H and O–H groups in total. The quantitative estimate of drug-likeness (QED) is 0.453. The van der Waals surface area contributed by atoms with Gasteiger partial charge in [0.2, 0.25) is 0 Å². The van der Waals surface area contributed by atoms with E-state index in [1.165, 1.54) is 11.1 Å². The first-order chi connectivity index (χ1) is 8.42. The molecule has 17 heavy (non-hydrogen) atoms. The Kier molecular flexibility index (Phi) is 1.64. The first kappa shape index (κ1) is 8.88. The van der Waals surface area contributed by atoms with Crippen LogP contribution in [0.3, 0.4) is 0 Å². The summed E-state index contributed by atoms with van der Waals surface area (Å²) in [6.07, 6.45) is 0.906. The molecule has 0 radical (unpaired) electrons. The second-order valence-electron chi connectivity index (χ2n) is 4.34. The Morgan fingerprint density at radius 3 is 2.35 bits per heavy atom. The zero-order valence-corrected chi connectivity index (χ0v) is 9.22. The lowest BCUT2D eigenvalue weighted by Gasteiger charge is -2.01. The summed E-state index contributed by atoms with van der Waals surface area (Å²) in [6, 6.07) is 16.5. The van der Waals surface area contributed by atoms with Crippen molar-refractivity contribution in [2.24, 2.45) is 0 Å². The number of hydrogen-bond donors (Lipinski definition) is 0. The smallest absolute Gasteiger partial charge is 0.0931 e. The highest BCUT2D eigenvalue weighted by Gasteiger charge is 2.20. The molecular weight excluding hydrogens is 208 g/mol. The van der Waals surface area contributed by atoms with Gasteiger partial charge in [0.15, 0.2) is 0 Å². The van der Waals surface area contributed by atoms with Crippen LogP contribution in [0.1, 0.15) is 11.3 Å². The van der Waals surface area contributed by atoms with Crippen LogP contribution in [0.25, 0.3) is 22.3 Å². The molecule has 0 fully saturated rings. The molecule has 4 rings (SSSR count). The first-order valence-electron chi connectivity index (χ1n) is 5.76. The highest BCUT2D eigenvalue weighted by molar-refractivity contribution is 5.81. The van der Waals surface area contributed by atoms with Crippen molar-refractivity contribution in [3.8, 4) is 11.3 Å². The van der Waals surface area contributed by atoms with E-state index in [-0.39, 0.29) is 0 Å². The minimum Gasteiger partial charge on any atom is -0.249 e. The number of hydrogen-bond acceptors (Lipinski definition) is 2. The Labute approximate surface area is 99.0 Å². The van der Waals surface area contributed by atoms with Crippen molar-refractivity contribution in [1.82, 2.24) is 9.97 Å². The van der Waals surface area contributed by atoms with E-state index >= 15 is 0 Å². The summed E-state index contributed by atoms with van der Waals surface area (Å²) in [6.45, 7) is 0. The van der Waals surface area contributed by atoms with Gasteiger partial charge in [-0.1, -0.05) is 36.4 Å². The fraction of sp³-hybridized carbons (Fsp3) is 0.0667.